The molecule has 108 valence electrons. The summed E-state index contributed by atoms with van der Waals surface area (Å²) in [7, 11) is -3.23. The molecule has 0 atom stereocenters. The Bertz CT molecular complexity index is 488. The number of hydrogen-bond donors (Lipinski definition) is 0. The molecule has 0 heterocycles. The molecule has 0 amide bonds. The van der Waals surface area contributed by atoms with Crippen LogP contribution in [0.4, 0.5) is 0 Å². The summed E-state index contributed by atoms with van der Waals surface area (Å²) >= 11 is 5.77. The summed E-state index contributed by atoms with van der Waals surface area (Å²) in [6, 6.07) is 7.45. The van der Waals surface area contributed by atoms with Crippen molar-refractivity contribution in [2.75, 3.05) is 13.1 Å². The highest BCUT2D eigenvalue weighted by Crippen LogP contribution is 2.14. The lowest BCUT2D eigenvalue weighted by Crippen LogP contribution is -2.32. The van der Waals surface area contributed by atoms with E-state index in [1.807, 2.05) is 31.2 Å². The minimum Gasteiger partial charge on any atom is -0.212 e. The van der Waals surface area contributed by atoms with Crippen LogP contribution >= 0.6 is 11.6 Å². The minimum absolute atomic E-state index is 0.0509. The van der Waals surface area contributed by atoms with Crippen LogP contribution in [0.3, 0.4) is 0 Å². The van der Waals surface area contributed by atoms with Crippen LogP contribution < -0.4 is 0 Å². The van der Waals surface area contributed by atoms with E-state index in [0.29, 0.717) is 19.0 Å². The van der Waals surface area contributed by atoms with Gasteiger partial charge in [-0.1, -0.05) is 44.5 Å². The topological polar surface area (TPSA) is 37.4 Å². The van der Waals surface area contributed by atoms with Crippen molar-refractivity contribution in [1.82, 2.24) is 4.31 Å². The maximum Gasteiger partial charge on any atom is 0.218 e. The Morgan fingerprint density at radius 2 is 1.89 bits per heavy atom. The van der Waals surface area contributed by atoms with Gasteiger partial charge in [0.05, 0.1) is 5.75 Å². The number of rotatable bonds is 8. The van der Waals surface area contributed by atoms with Gasteiger partial charge in [0, 0.05) is 19.0 Å². The third-order valence-electron chi connectivity index (χ3n) is 3.00. The number of halogens is 1. The third kappa shape index (κ3) is 5.13. The predicted molar refractivity (Wildman–Crippen MR) is 80.8 cm³/mol. The highest BCUT2D eigenvalue weighted by atomic mass is 35.5. The fraction of sp³-hybridized carbons (Fsp3) is 0.571. The number of unbranched alkanes of at least 4 members (excludes halogenated alkanes) is 1. The summed E-state index contributed by atoms with van der Waals surface area (Å²) in [5, 5.41) is 0. The first-order chi connectivity index (χ1) is 9.03. The molecule has 5 heteroatoms. The van der Waals surface area contributed by atoms with Gasteiger partial charge in [0.1, 0.15) is 0 Å². The summed E-state index contributed by atoms with van der Waals surface area (Å²) in [6.07, 6.45) is 1.89. The van der Waals surface area contributed by atoms with Crippen LogP contribution in [-0.4, -0.2) is 25.8 Å². The Morgan fingerprint density at radius 1 is 1.21 bits per heavy atom. The lowest BCUT2D eigenvalue weighted by molar-refractivity contribution is 0.418. The van der Waals surface area contributed by atoms with Crippen LogP contribution in [0.15, 0.2) is 24.3 Å². The number of hydrogen-bond acceptors (Lipinski definition) is 2. The second-order valence-corrected chi connectivity index (χ2v) is 6.79. The average Bonchev–Trinajstić information content (AvgIpc) is 2.39. The molecular weight excluding hydrogens is 282 g/mol. The zero-order chi connectivity index (χ0) is 14.3. The molecule has 0 fully saturated rings. The van der Waals surface area contributed by atoms with E-state index in [0.717, 1.165) is 24.0 Å². The first-order valence-corrected chi connectivity index (χ1v) is 8.79. The highest BCUT2D eigenvalue weighted by molar-refractivity contribution is 7.88. The normalized spacial score (nSPS) is 12.0. The Hall–Kier alpha value is -0.580. The van der Waals surface area contributed by atoms with Crippen LogP contribution in [-0.2, 0) is 21.7 Å². The van der Waals surface area contributed by atoms with Crippen LogP contribution in [0.25, 0.3) is 0 Å². The number of nitrogens with zero attached hydrogens (tertiary/aromatic N) is 1. The van der Waals surface area contributed by atoms with Gasteiger partial charge in [-0.25, -0.2) is 12.7 Å². The molecule has 19 heavy (non-hydrogen) atoms. The zero-order valence-electron chi connectivity index (χ0n) is 11.6. The fourth-order valence-corrected chi connectivity index (χ4v) is 3.68. The number of benzene rings is 1. The average molecular weight is 304 g/mol. The Morgan fingerprint density at radius 3 is 2.47 bits per heavy atom. The summed E-state index contributed by atoms with van der Waals surface area (Å²) in [5.41, 5.74) is 1.75. The Labute approximate surface area is 121 Å². The van der Waals surface area contributed by atoms with Crippen LogP contribution in [0, 0.1) is 0 Å². The van der Waals surface area contributed by atoms with Crippen LogP contribution in [0.5, 0.6) is 0 Å². The minimum atomic E-state index is -3.23. The van der Waals surface area contributed by atoms with Crippen molar-refractivity contribution in [1.29, 1.82) is 0 Å². The molecule has 0 spiro atoms. The van der Waals surface area contributed by atoms with Gasteiger partial charge in [-0.05, 0) is 17.5 Å². The molecule has 0 bridgehead atoms. The quantitative estimate of drug-likeness (QED) is 0.690. The summed E-state index contributed by atoms with van der Waals surface area (Å²) in [4.78, 5) is 0. The molecule has 0 aliphatic heterocycles. The summed E-state index contributed by atoms with van der Waals surface area (Å²) < 4.78 is 26.2. The van der Waals surface area contributed by atoms with Crippen molar-refractivity contribution in [3.05, 3.63) is 35.4 Å². The Kier molecular flexibility index (Phi) is 6.83. The molecule has 1 rings (SSSR count). The van der Waals surface area contributed by atoms with Crippen LogP contribution in [0.2, 0.25) is 0 Å². The van der Waals surface area contributed by atoms with E-state index in [1.54, 1.807) is 4.31 Å². The molecule has 1 aromatic rings. The molecule has 0 saturated heterocycles. The molecule has 0 unspecified atom stereocenters. The van der Waals surface area contributed by atoms with Crippen molar-refractivity contribution < 1.29 is 8.42 Å². The van der Waals surface area contributed by atoms with Gasteiger partial charge in [0.2, 0.25) is 10.0 Å². The van der Waals surface area contributed by atoms with E-state index in [9.17, 15) is 8.42 Å². The SMILES string of the molecule is CCCCN(CC)S(=O)(=O)Cc1cccc(CCl)c1. The van der Waals surface area contributed by atoms with Gasteiger partial charge in [-0.2, -0.15) is 0 Å². The Balaban J connectivity index is 2.81. The number of alkyl halides is 1. The van der Waals surface area contributed by atoms with E-state index >= 15 is 0 Å². The molecule has 3 nitrogen and oxygen atoms in total. The van der Waals surface area contributed by atoms with E-state index in [4.69, 9.17) is 11.6 Å². The first-order valence-electron chi connectivity index (χ1n) is 6.65. The van der Waals surface area contributed by atoms with Crippen molar-refractivity contribution >= 4 is 21.6 Å². The second kappa shape index (κ2) is 7.88. The van der Waals surface area contributed by atoms with Crippen molar-refractivity contribution in [2.45, 2.75) is 38.3 Å². The molecule has 0 saturated carbocycles. The lowest BCUT2D eigenvalue weighted by Gasteiger charge is -2.20. The van der Waals surface area contributed by atoms with Gasteiger partial charge < -0.3 is 0 Å². The van der Waals surface area contributed by atoms with Gasteiger partial charge >= 0.3 is 0 Å². The van der Waals surface area contributed by atoms with E-state index in [-0.39, 0.29) is 5.75 Å². The van der Waals surface area contributed by atoms with E-state index < -0.39 is 10.0 Å². The van der Waals surface area contributed by atoms with Gasteiger partial charge in [0.15, 0.2) is 0 Å². The van der Waals surface area contributed by atoms with Gasteiger partial charge in [-0.15, -0.1) is 11.6 Å². The number of sulfonamides is 1. The summed E-state index contributed by atoms with van der Waals surface area (Å²) in [5.74, 6) is 0.455. The molecule has 0 aliphatic rings. The van der Waals surface area contributed by atoms with E-state index in [1.165, 1.54) is 0 Å². The summed E-state index contributed by atoms with van der Waals surface area (Å²) in [6.45, 7) is 5.06. The van der Waals surface area contributed by atoms with Gasteiger partial charge in [0.25, 0.3) is 0 Å². The van der Waals surface area contributed by atoms with Crippen molar-refractivity contribution in [3.8, 4) is 0 Å². The second-order valence-electron chi connectivity index (χ2n) is 4.56. The van der Waals surface area contributed by atoms with Gasteiger partial charge in [-0.3, -0.25) is 0 Å². The van der Waals surface area contributed by atoms with Crippen LogP contribution in [0.1, 0.15) is 37.8 Å². The maximum atomic E-state index is 12.3. The fourth-order valence-electron chi connectivity index (χ4n) is 1.93. The zero-order valence-corrected chi connectivity index (χ0v) is 13.2. The molecule has 0 N–H and O–H groups in total. The largest absolute Gasteiger partial charge is 0.218 e. The van der Waals surface area contributed by atoms with E-state index in [2.05, 4.69) is 6.92 Å². The molecular formula is C14H22ClNO2S. The molecule has 0 aliphatic carbocycles. The third-order valence-corrected chi connectivity index (χ3v) is 5.24. The molecule has 1 aromatic carbocycles. The monoisotopic (exact) mass is 303 g/mol. The molecule has 0 aromatic heterocycles. The first kappa shape index (κ1) is 16.5. The molecule has 0 radical (unpaired) electrons. The maximum absolute atomic E-state index is 12.3. The standard InChI is InChI=1S/C14H22ClNO2S/c1-3-5-9-16(4-2)19(17,18)12-14-8-6-7-13(10-14)11-15/h6-8,10H,3-5,9,11-12H2,1-2H3. The van der Waals surface area contributed by atoms with Crippen molar-refractivity contribution in [3.63, 3.8) is 0 Å². The smallest absolute Gasteiger partial charge is 0.212 e. The van der Waals surface area contributed by atoms with Crippen molar-refractivity contribution in [2.24, 2.45) is 0 Å². The highest BCUT2D eigenvalue weighted by Gasteiger charge is 2.20. The predicted octanol–water partition coefficient (Wildman–Crippen LogP) is 3.38. The lowest BCUT2D eigenvalue weighted by atomic mass is 10.2.